The normalized spacial score (nSPS) is 10.8. The Hall–Kier alpha value is -2.21. The predicted octanol–water partition coefficient (Wildman–Crippen LogP) is 3.50. The van der Waals surface area contributed by atoms with E-state index in [4.69, 9.17) is 4.74 Å². The molecule has 3 aromatic rings. The molecule has 108 valence electrons. The standard InChI is InChI=1S/C15H16N4OS/c1-4-16-14-11-7-10(20-3)5-6-12(11)18-15(19-14)13-8-21-9(2)17-13/h5-8H,4H2,1-3H3,(H,16,18,19). The van der Waals surface area contributed by atoms with E-state index in [2.05, 4.69) is 20.3 Å². The van der Waals surface area contributed by atoms with E-state index in [0.29, 0.717) is 5.82 Å². The summed E-state index contributed by atoms with van der Waals surface area (Å²) in [6, 6.07) is 5.80. The second-order valence-electron chi connectivity index (χ2n) is 4.56. The monoisotopic (exact) mass is 300 g/mol. The first-order valence-corrected chi connectivity index (χ1v) is 7.61. The third kappa shape index (κ3) is 2.67. The van der Waals surface area contributed by atoms with Crippen molar-refractivity contribution in [2.75, 3.05) is 19.0 Å². The average Bonchev–Trinajstić information content (AvgIpc) is 2.93. The molecule has 0 aliphatic heterocycles. The van der Waals surface area contributed by atoms with Crippen molar-refractivity contribution in [3.63, 3.8) is 0 Å². The summed E-state index contributed by atoms with van der Waals surface area (Å²) in [5.74, 6) is 2.25. The quantitative estimate of drug-likeness (QED) is 0.799. The van der Waals surface area contributed by atoms with E-state index in [1.807, 2.05) is 37.4 Å². The van der Waals surface area contributed by atoms with Crippen LogP contribution < -0.4 is 10.1 Å². The number of thiazole rings is 1. The maximum absolute atomic E-state index is 5.28. The lowest BCUT2D eigenvalue weighted by Crippen LogP contribution is -2.03. The first kappa shape index (κ1) is 13.8. The number of ether oxygens (including phenoxy) is 1. The number of hydrogen-bond acceptors (Lipinski definition) is 6. The van der Waals surface area contributed by atoms with Gasteiger partial charge in [-0.25, -0.2) is 15.0 Å². The van der Waals surface area contributed by atoms with Crippen LogP contribution in [0.15, 0.2) is 23.6 Å². The molecule has 0 spiro atoms. The number of hydrogen-bond donors (Lipinski definition) is 1. The number of nitrogens with one attached hydrogen (secondary N) is 1. The Morgan fingerprint density at radius 1 is 1.24 bits per heavy atom. The van der Waals surface area contributed by atoms with E-state index >= 15 is 0 Å². The summed E-state index contributed by atoms with van der Waals surface area (Å²) in [6.45, 7) is 4.81. The zero-order valence-corrected chi connectivity index (χ0v) is 13.0. The van der Waals surface area contributed by atoms with E-state index in [0.717, 1.165) is 39.7 Å². The van der Waals surface area contributed by atoms with Gasteiger partial charge in [-0.15, -0.1) is 11.3 Å². The van der Waals surface area contributed by atoms with Gasteiger partial charge in [0, 0.05) is 17.3 Å². The van der Waals surface area contributed by atoms with Crippen LogP contribution in [0.2, 0.25) is 0 Å². The third-order valence-corrected chi connectivity index (χ3v) is 3.87. The number of aromatic nitrogens is 3. The summed E-state index contributed by atoms with van der Waals surface area (Å²) < 4.78 is 5.28. The van der Waals surface area contributed by atoms with Crippen LogP contribution in [0.3, 0.4) is 0 Å². The summed E-state index contributed by atoms with van der Waals surface area (Å²) in [7, 11) is 1.65. The van der Waals surface area contributed by atoms with Crippen molar-refractivity contribution in [1.29, 1.82) is 0 Å². The van der Waals surface area contributed by atoms with Gasteiger partial charge in [0.2, 0.25) is 0 Å². The zero-order chi connectivity index (χ0) is 14.8. The molecule has 2 aromatic heterocycles. The topological polar surface area (TPSA) is 59.9 Å². The van der Waals surface area contributed by atoms with Crippen LogP contribution in [0.5, 0.6) is 5.75 Å². The highest BCUT2D eigenvalue weighted by Gasteiger charge is 2.12. The van der Waals surface area contributed by atoms with Crippen molar-refractivity contribution < 1.29 is 4.74 Å². The molecule has 1 N–H and O–H groups in total. The Morgan fingerprint density at radius 2 is 2.10 bits per heavy atom. The SMILES string of the molecule is CCNc1nc(-c2csc(C)n2)nc2ccc(OC)cc12. The number of nitrogens with zero attached hydrogens (tertiary/aromatic N) is 3. The van der Waals surface area contributed by atoms with E-state index < -0.39 is 0 Å². The maximum atomic E-state index is 5.28. The molecule has 0 bridgehead atoms. The first-order valence-electron chi connectivity index (χ1n) is 6.73. The molecule has 2 heterocycles. The van der Waals surface area contributed by atoms with Crippen LogP contribution in [0.1, 0.15) is 11.9 Å². The minimum absolute atomic E-state index is 0.646. The van der Waals surface area contributed by atoms with Gasteiger partial charge in [-0.05, 0) is 32.0 Å². The van der Waals surface area contributed by atoms with Crippen molar-refractivity contribution >= 4 is 28.1 Å². The molecule has 0 atom stereocenters. The van der Waals surface area contributed by atoms with Crippen molar-refractivity contribution in [3.05, 3.63) is 28.6 Å². The Bertz CT molecular complexity index is 784. The van der Waals surface area contributed by atoms with Gasteiger partial charge in [0.1, 0.15) is 17.3 Å². The van der Waals surface area contributed by atoms with Gasteiger partial charge >= 0.3 is 0 Å². The van der Waals surface area contributed by atoms with E-state index in [1.54, 1.807) is 18.4 Å². The van der Waals surface area contributed by atoms with Gasteiger partial charge < -0.3 is 10.1 Å². The third-order valence-electron chi connectivity index (χ3n) is 3.10. The van der Waals surface area contributed by atoms with Gasteiger partial charge in [0.15, 0.2) is 5.82 Å². The van der Waals surface area contributed by atoms with Gasteiger partial charge in [0.25, 0.3) is 0 Å². The van der Waals surface area contributed by atoms with Crippen LogP contribution in [0.25, 0.3) is 22.4 Å². The van der Waals surface area contributed by atoms with Gasteiger partial charge in [0.05, 0.1) is 17.6 Å². The highest BCUT2D eigenvalue weighted by Crippen LogP contribution is 2.28. The summed E-state index contributed by atoms with van der Waals surface area (Å²) in [6.07, 6.45) is 0. The van der Waals surface area contributed by atoms with Crippen LogP contribution >= 0.6 is 11.3 Å². The van der Waals surface area contributed by atoms with E-state index in [9.17, 15) is 0 Å². The second kappa shape index (κ2) is 5.65. The van der Waals surface area contributed by atoms with Gasteiger partial charge in [-0.3, -0.25) is 0 Å². The van der Waals surface area contributed by atoms with Gasteiger partial charge in [-0.1, -0.05) is 0 Å². The highest BCUT2D eigenvalue weighted by molar-refractivity contribution is 7.09. The van der Waals surface area contributed by atoms with Crippen molar-refractivity contribution in [3.8, 4) is 17.3 Å². The summed E-state index contributed by atoms with van der Waals surface area (Å²) in [5, 5.41) is 7.23. The molecule has 0 radical (unpaired) electrons. The molecular weight excluding hydrogens is 284 g/mol. The lowest BCUT2D eigenvalue weighted by molar-refractivity contribution is 0.415. The number of methoxy groups -OCH3 is 1. The molecule has 0 unspecified atom stereocenters. The molecule has 21 heavy (non-hydrogen) atoms. The number of benzene rings is 1. The first-order chi connectivity index (χ1) is 10.2. The Morgan fingerprint density at radius 3 is 2.76 bits per heavy atom. The Labute approximate surface area is 127 Å². The van der Waals surface area contributed by atoms with Gasteiger partial charge in [-0.2, -0.15) is 0 Å². The number of fused-ring (bicyclic) bond motifs is 1. The molecule has 0 fully saturated rings. The van der Waals surface area contributed by atoms with Crippen molar-refractivity contribution in [2.45, 2.75) is 13.8 Å². The van der Waals surface area contributed by atoms with E-state index in [-0.39, 0.29) is 0 Å². The number of rotatable bonds is 4. The molecular formula is C15H16N4OS. The minimum atomic E-state index is 0.646. The fourth-order valence-corrected chi connectivity index (χ4v) is 2.71. The molecule has 0 aliphatic carbocycles. The molecule has 0 saturated carbocycles. The second-order valence-corrected chi connectivity index (χ2v) is 5.62. The fraction of sp³-hybridized carbons (Fsp3) is 0.267. The Kier molecular flexibility index (Phi) is 3.70. The van der Waals surface area contributed by atoms with Crippen LogP contribution in [-0.2, 0) is 0 Å². The van der Waals surface area contributed by atoms with Crippen molar-refractivity contribution in [1.82, 2.24) is 15.0 Å². The minimum Gasteiger partial charge on any atom is -0.497 e. The zero-order valence-electron chi connectivity index (χ0n) is 12.2. The summed E-state index contributed by atoms with van der Waals surface area (Å²) in [4.78, 5) is 13.7. The molecule has 0 saturated heterocycles. The van der Waals surface area contributed by atoms with Crippen LogP contribution in [0.4, 0.5) is 5.82 Å². The molecule has 1 aromatic carbocycles. The fourth-order valence-electron chi connectivity index (χ4n) is 2.12. The van der Waals surface area contributed by atoms with E-state index in [1.165, 1.54) is 0 Å². The molecule has 0 amide bonds. The summed E-state index contributed by atoms with van der Waals surface area (Å²) >= 11 is 1.60. The average molecular weight is 300 g/mol. The summed E-state index contributed by atoms with van der Waals surface area (Å²) in [5.41, 5.74) is 1.69. The maximum Gasteiger partial charge on any atom is 0.181 e. The smallest absolute Gasteiger partial charge is 0.181 e. The number of aryl methyl sites for hydroxylation is 1. The van der Waals surface area contributed by atoms with Crippen LogP contribution in [-0.4, -0.2) is 28.6 Å². The highest BCUT2D eigenvalue weighted by atomic mass is 32.1. The lowest BCUT2D eigenvalue weighted by Gasteiger charge is -2.09. The molecule has 3 rings (SSSR count). The molecule has 6 heteroatoms. The van der Waals surface area contributed by atoms with Crippen molar-refractivity contribution in [2.24, 2.45) is 0 Å². The molecule has 5 nitrogen and oxygen atoms in total. The Balaban J connectivity index is 2.20. The lowest BCUT2D eigenvalue weighted by atomic mass is 10.2. The largest absolute Gasteiger partial charge is 0.497 e. The predicted molar refractivity (Wildman–Crippen MR) is 86.1 cm³/mol. The number of anilines is 1. The molecule has 0 aliphatic rings. The van der Waals surface area contributed by atoms with Crippen LogP contribution in [0, 0.1) is 6.92 Å².